The number of nitrogens with one attached hydrogen (secondary N) is 1. The van der Waals surface area contributed by atoms with Crippen LogP contribution in [-0.2, 0) is 47.4 Å². The van der Waals surface area contributed by atoms with Gasteiger partial charge in [0.05, 0.1) is 33.0 Å². The van der Waals surface area contributed by atoms with Crippen LogP contribution in [0.15, 0.2) is 0 Å². The van der Waals surface area contributed by atoms with Crippen molar-refractivity contribution in [3.05, 3.63) is 0 Å². The van der Waals surface area contributed by atoms with Crippen molar-refractivity contribution in [3.8, 4) is 0 Å². The molecule has 344 valence electrons. The molecule has 5 fully saturated rings. The average molecular weight is 870 g/mol. The van der Waals surface area contributed by atoms with Gasteiger partial charge in [-0.15, -0.1) is 0 Å². The zero-order valence-corrected chi connectivity index (χ0v) is 31.2. The monoisotopic (exact) mass is 869 g/mol. The smallest absolute Gasteiger partial charge is 0.217 e. The van der Waals surface area contributed by atoms with Crippen molar-refractivity contribution in [1.82, 2.24) is 5.32 Å². The average Bonchev–Trinajstić information content (AvgIpc) is 3.21. The summed E-state index contributed by atoms with van der Waals surface area (Å²) in [6, 6.07) is -1.72. The Morgan fingerprint density at radius 2 is 0.780 bits per heavy atom. The topological polar surface area (TPSA) is 436 Å². The van der Waals surface area contributed by atoms with E-state index in [1.807, 2.05) is 0 Å². The van der Waals surface area contributed by atoms with Gasteiger partial charge < -0.3 is 130 Å². The van der Waals surface area contributed by atoms with E-state index in [9.17, 15) is 86.5 Å². The fourth-order valence-electron chi connectivity index (χ4n) is 7.43. The quantitative estimate of drug-likeness (QED) is 0.0770. The van der Waals surface area contributed by atoms with Gasteiger partial charge in [-0.3, -0.25) is 4.79 Å². The summed E-state index contributed by atoms with van der Waals surface area (Å²) in [5, 5.41) is 169. The zero-order valence-electron chi connectivity index (χ0n) is 31.2. The Bertz CT molecular complexity index is 1320. The van der Waals surface area contributed by atoms with E-state index in [4.69, 9.17) is 42.6 Å². The first-order valence-electron chi connectivity index (χ1n) is 18.6. The van der Waals surface area contributed by atoms with Gasteiger partial charge in [0.1, 0.15) is 122 Å². The summed E-state index contributed by atoms with van der Waals surface area (Å²) in [6.45, 7) is -3.57. The zero-order chi connectivity index (χ0) is 43.6. The van der Waals surface area contributed by atoms with Crippen molar-refractivity contribution in [1.29, 1.82) is 0 Å². The fourth-order valence-corrected chi connectivity index (χ4v) is 7.43. The molecule has 0 saturated carbocycles. The SMILES string of the molecule is CC(=O)N[C@H]1[C@H](O[C@H]2[C@@H](O)[C@@H](CO)O[C@@H](O[C@H]3[C@H](O)[C@@H](O)C(O)O[C@@H]3CO)[C@@H]2O)O[C@H](CO)[C@@H](O[C@@H]2O[C@H](CO)[C@H](O)[C@H](O[C@@H]3O[C@H](CO)[C@@H](O)[C@H](O)[C@H]3O)[C@H]2O)[C@@H]1O. The van der Waals surface area contributed by atoms with Crippen molar-refractivity contribution in [3.63, 3.8) is 0 Å². The highest BCUT2D eigenvalue weighted by Gasteiger charge is 2.57. The standard InChI is InChI=1S/C32H55NO26/c1-7(39)33-13-17(43)24(56-31-23(49)27(16(42)10(4-36)53-31)59-30-21(47)18(44)14(40)8(2-34)52-30)12(6-38)55-29(13)58-26-15(41)9(3-35)54-32(22(26)48)57-25-11(5-37)51-28(50)20(46)19(25)45/h8-32,34-38,40-50H,2-6H2,1H3,(H,33,39)/t8-,9-,10-,11-,12-,13-,14-,15+,16+,17-,18+,19-,20-,21-,22-,23-,24-,25-,26+,27+,28?,29+,30+,31+,32+/m1/s1. The summed E-state index contributed by atoms with van der Waals surface area (Å²) in [5.74, 6) is -0.817. The number of rotatable bonds is 14. The molecule has 25 atom stereocenters. The highest BCUT2D eigenvalue weighted by atomic mass is 16.8. The van der Waals surface area contributed by atoms with Crippen LogP contribution in [-0.4, -0.2) is 274 Å². The third kappa shape index (κ3) is 10.2. The van der Waals surface area contributed by atoms with Crippen molar-refractivity contribution in [2.24, 2.45) is 0 Å². The van der Waals surface area contributed by atoms with Crippen LogP contribution in [0.3, 0.4) is 0 Å². The van der Waals surface area contributed by atoms with Gasteiger partial charge >= 0.3 is 0 Å². The van der Waals surface area contributed by atoms with Crippen LogP contribution in [0.4, 0.5) is 0 Å². The highest BCUT2D eigenvalue weighted by molar-refractivity contribution is 5.73. The first-order chi connectivity index (χ1) is 27.9. The second-order valence-corrected chi connectivity index (χ2v) is 14.7. The van der Waals surface area contributed by atoms with E-state index in [1.165, 1.54) is 0 Å². The lowest BCUT2D eigenvalue weighted by Gasteiger charge is -2.50. The Morgan fingerprint density at radius 1 is 0.407 bits per heavy atom. The van der Waals surface area contributed by atoms with Crippen LogP contribution in [0.2, 0.25) is 0 Å². The number of ether oxygens (including phenoxy) is 9. The number of aliphatic hydroxyl groups is 16. The van der Waals surface area contributed by atoms with Gasteiger partial charge in [-0.05, 0) is 0 Å². The molecule has 5 aliphatic rings. The van der Waals surface area contributed by atoms with E-state index in [2.05, 4.69) is 5.32 Å². The van der Waals surface area contributed by atoms with Crippen LogP contribution in [0, 0.1) is 0 Å². The normalized spacial score (nSPS) is 51.0. The van der Waals surface area contributed by atoms with Crippen LogP contribution >= 0.6 is 0 Å². The maximum Gasteiger partial charge on any atom is 0.217 e. The van der Waals surface area contributed by atoms with Gasteiger partial charge in [0, 0.05) is 6.92 Å². The first-order valence-corrected chi connectivity index (χ1v) is 18.6. The molecule has 1 unspecified atom stereocenters. The van der Waals surface area contributed by atoms with E-state index in [0.717, 1.165) is 6.92 Å². The number of carbonyl (C=O) groups is 1. The minimum Gasteiger partial charge on any atom is -0.394 e. The lowest BCUT2D eigenvalue weighted by Crippen LogP contribution is -2.70. The number of amides is 1. The molecule has 5 saturated heterocycles. The first kappa shape index (κ1) is 48.5. The van der Waals surface area contributed by atoms with E-state index in [1.54, 1.807) is 0 Å². The lowest BCUT2D eigenvalue weighted by atomic mass is 9.94. The predicted molar refractivity (Wildman–Crippen MR) is 178 cm³/mol. The van der Waals surface area contributed by atoms with E-state index in [-0.39, 0.29) is 0 Å². The van der Waals surface area contributed by atoms with Gasteiger partial charge in [-0.25, -0.2) is 0 Å². The Labute approximate surface area is 333 Å². The van der Waals surface area contributed by atoms with E-state index in [0.29, 0.717) is 0 Å². The molecule has 0 aromatic carbocycles. The number of carbonyl (C=O) groups excluding carboxylic acids is 1. The molecule has 5 heterocycles. The van der Waals surface area contributed by atoms with Gasteiger partial charge in [-0.1, -0.05) is 0 Å². The fraction of sp³-hybridized carbons (Fsp3) is 0.969. The van der Waals surface area contributed by atoms with Gasteiger partial charge in [-0.2, -0.15) is 0 Å². The summed E-state index contributed by atoms with van der Waals surface area (Å²) >= 11 is 0. The van der Waals surface area contributed by atoms with Crippen LogP contribution in [0.5, 0.6) is 0 Å². The molecule has 27 nitrogen and oxygen atoms in total. The molecular formula is C32H55NO26. The molecule has 0 spiro atoms. The molecule has 17 N–H and O–H groups in total. The number of hydrogen-bond donors (Lipinski definition) is 17. The molecule has 0 aliphatic carbocycles. The molecule has 0 radical (unpaired) electrons. The van der Waals surface area contributed by atoms with Gasteiger partial charge in [0.2, 0.25) is 5.91 Å². The maximum absolute atomic E-state index is 12.4. The Morgan fingerprint density at radius 3 is 1.24 bits per heavy atom. The van der Waals surface area contributed by atoms with Gasteiger partial charge in [0.25, 0.3) is 0 Å². The van der Waals surface area contributed by atoms with Crippen molar-refractivity contribution in [2.45, 2.75) is 160 Å². The molecule has 27 heteroatoms. The summed E-state index contributed by atoms with van der Waals surface area (Å²) < 4.78 is 50.0. The van der Waals surface area contributed by atoms with Gasteiger partial charge in [0.15, 0.2) is 31.5 Å². The summed E-state index contributed by atoms with van der Waals surface area (Å²) in [5.41, 5.74) is 0. The molecule has 0 aromatic heterocycles. The summed E-state index contributed by atoms with van der Waals surface area (Å²) in [7, 11) is 0. The minimum atomic E-state index is -2.09. The number of aliphatic hydroxyl groups excluding tert-OH is 16. The van der Waals surface area contributed by atoms with Crippen molar-refractivity contribution < 1.29 is 129 Å². The molecular weight excluding hydrogens is 814 g/mol. The predicted octanol–water partition coefficient (Wildman–Crippen LogP) is -11.8. The molecule has 0 bridgehead atoms. The molecule has 5 aliphatic heterocycles. The Hall–Kier alpha value is -1.53. The maximum atomic E-state index is 12.4. The minimum absolute atomic E-state index is 0.817. The lowest BCUT2D eigenvalue weighted by molar-refractivity contribution is -0.386. The highest BCUT2D eigenvalue weighted by Crippen LogP contribution is 2.35. The van der Waals surface area contributed by atoms with Crippen molar-refractivity contribution >= 4 is 5.91 Å². The molecule has 59 heavy (non-hydrogen) atoms. The van der Waals surface area contributed by atoms with Crippen LogP contribution in [0.1, 0.15) is 6.92 Å². The van der Waals surface area contributed by atoms with Crippen LogP contribution < -0.4 is 5.32 Å². The third-order valence-electron chi connectivity index (χ3n) is 10.7. The van der Waals surface area contributed by atoms with E-state index < -0.39 is 192 Å². The molecule has 1 amide bonds. The largest absolute Gasteiger partial charge is 0.394 e. The Balaban J connectivity index is 1.35. The van der Waals surface area contributed by atoms with Crippen molar-refractivity contribution in [2.75, 3.05) is 33.0 Å². The third-order valence-corrected chi connectivity index (χ3v) is 10.7. The number of hydrogen-bond acceptors (Lipinski definition) is 26. The molecule has 0 aromatic rings. The Kier molecular flexibility index (Phi) is 17.1. The second-order valence-electron chi connectivity index (χ2n) is 14.7. The summed E-state index contributed by atoms with van der Waals surface area (Å²) in [6.07, 6.45) is -44.3. The second kappa shape index (κ2) is 20.8. The summed E-state index contributed by atoms with van der Waals surface area (Å²) in [4.78, 5) is 12.4. The van der Waals surface area contributed by atoms with Crippen LogP contribution in [0.25, 0.3) is 0 Å². The van der Waals surface area contributed by atoms with E-state index >= 15 is 0 Å². The molecule has 5 rings (SSSR count).